The summed E-state index contributed by atoms with van der Waals surface area (Å²) >= 11 is 1.60. The number of hydrogen-bond acceptors (Lipinski definition) is 8. The van der Waals surface area contributed by atoms with Gasteiger partial charge in [0.25, 0.3) is 0 Å². The van der Waals surface area contributed by atoms with E-state index in [1.807, 2.05) is 41.8 Å². The van der Waals surface area contributed by atoms with E-state index in [0.717, 1.165) is 80.9 Å². The fourth-order valence-corrected chi connectivity index (χ4v) is 8.02. The molecule has 10 nitrogen and oxygen atoms in total. The average Bonchev–Trinajstić information content (AvgIpc) is 3.62. The SMILES string of the molecule is O=C(O)N(C(c1cccc(OCCCCCCNCC(O)c2ccc(O)c3[nH]c(=O)ccc23)c1)c1cccs1)C1CN2CCC1CC2. The van der Waals surface area contributed by atoms with Crippen molar-refractivity contribution in [2.24, 2.45) is 5.92 Å². The van der Waals surface area contributed by atoms with Crippen molar-refractivity contribution in [3.05, 3.63) is 92.4 Å². The van der Waals surface area contributed by atoms with Crippen LogP contribution in [0.25, 0.3) is 10.9 Å². The van der Waals surface area contributed by atoms with Crippen LogP contribution in [0.15, 0.2) is 70.8 Å². The maximum absolute atomic E-state index is 12.8. The summed E-state index contributed by atoms with van der Waals surface area (Å²) in [5.41, 5.74) is 1.61. The Labute approximate surface area is 278 Å². The molecule has 4 aromatic rings. The zero-order valence-electron chi connectivity index (χ0n) is 26.5. The van der Waals surface area contributed by atoms with E-state index >= 15 is 0 Å². The Bertz CT molecular complexity index is 1690. The molecule has 0 saturated carbocycles. The molecule has 11 heteroatoms. The number of H-pyrrole nitrogens is 1. The van der Waals surface area contributed by atoms with Crippen LogP contribution in [0.5, 0.6) is 11.5 Å². The van der Waals surface area contributed by atoms with E-state index in [4.69, 9.17) is 4.74 Å². The molecule has 3 unspecified atom stereocenters. The third kappa shape index (κ3) is 7.81. The van der Waals surface area contributed by atoms with E-state index < -0.39 is 12.2 Å². The Kier molecular flexibility index (Phi) is 10.8. The van der Waals surface area contributed by atoms with Gasteiger partial charge in [0.2, 0.25) is 5.56 Å². The highest BCUT2D eigenvalue weighted by Crippen LogP contribution is 2.40. The molecule has 250 valence electrons. The number of rotatable bonds is 15. The van der Waals surface area contributed by atoms with Crippen LogP contribution in [0.2, 0.25) is 0 Å². The number of aliphatic hydroxyl groups is 1. The van der Waals surface area contributed by atoms with Crippen molar-refractivity contribution in [2.45, 2.75) is 56.7 Å². The molecule has 0 aliphatic carbocycles. The van der Waals surface area contributed by atoms with Crippen molar-refractivity contribution in [1.82, 2.24) is 20.1 Å². The number of nitrogens with zero attached hydrogens (tertiary/aromatic N) is 2. The molecule has 2 aromatic heterocycles. The summed E-state index contributed by atoms with van der Waals surface area (Å²) < 4.78 is 6.15. The minimum absolute atomic E-state index is 0.0228. The summed E-state index contributed by atoms with van der Waals surface area (Å²) in [6.07, 6.45) is 4.34. The van der Waals surface area contributed by atoms with Gasteiger partial charge < -0.3 is 35.3 Å². The number of nitrogens with one attached hydrogen (secondary N) is 2. The number of fused-ring (bicyclic) bond motifs is 4. The van der Waals surface area contributed by atoms with Gasteiger partial charge in [-0.1, -0.05) is 37.1 Å². The average molecular weight is 661 g/mol. The zero-order chi connectivity index (χ0) is 32.8. The Balaban J connectivity index is 0.966. The summed E-state index contributed by atoms with van der Waals surface area (Å²) in [7, 11) is 0. The molecule has 47 heavy (non-hydrogen) atoms. The maximum atomic E-state index is 12.8. The van der Waals surface area contributed by atoms with Crippen LogP contribution >= 0.6 is 11.3 Å². The quantitative estimate of drug-likeness (QED) is 0.102. The van der Waals surface area contributed by atoms with Gasteiger partial charge >= 0.3 is 6.09 Å². The normalized spacial score (nSPS) is 20.2. The van der Waals surface area contributed by atoms with Crippen molar-refractivity contribution >= 4 is 28.3 Å². The number of carbonyl (C=O) groups is 1. The zero-order valence-corrected chi connectivity index (χ0v) is 27.3. The highest BCUT2D eigenvalue weighted by molar-refractivity contribution is 7.10. The Morgan fingerprint density at radius 2 is 1.89 bits per heavy atom. The lowest BCUT2D eigenvalue weighted by molar-refractivity contribution is -0.000335. The van der Waals surface area contributed by atoms with Crippen molar-refractivity contribution < 1.29 is 24.9 Å². The molecular weight excluding hydrogens is 616 g/mol. The van der Waals surface area contributed by atoms with Gasteiger partial charge in [-0.25, -0.2) is 4.79 Å². The molecule has 5 heterocycles. The van der Waals surface area contributed by atoms with Crippen LogP contribution in [0, 0.1) is 5.92 Å². The smallest absolute Gasteiger partial charge is 0.408 e. The number of ether oxygens (including phenoxy) is 1. The molecule has 1 amide bonds. The summed E-state index contributed by atoms with van der Waals surface area (Å²) in [5.74, 6) is 1.13. The molecule has 7 rings (SSSR count). The largest absolute Gasteiger partial charge is 0.506 e. The molecule has 2 bridgehead atoms. The van der Waals surface area contributed by atoms with Crippen LogP contribution in [0.3, 0.4) is 0 Å². The molecule has 5 N–H and O–H groups in total. The number of benzene rings is 2. The second kappa shape index (κ2) is 15.3. The Morgan fingerprint density at radius 3 is 2.64 bits per heavy atom. The Morgan fingerprint density at radius 1 is 1.06 bits per heavy atom. The molecule has 2 aromatic carbocycles. The molecule has 3 fully saturated rings. The van der Waals surface area contributed by atoms with E-state index in [1.54, 1.807) is 28.4 Å². The fourth-order valence-electron chi connectivity index (χ4n) is 7.17. The van der Waals surface area contributed by atoms with Crippen molar-refractivity contribution in [1.29, 1.82) is 0 Å². The van der Waals surface area contributed by atoms with Gasteiger partial charge in [-0.3, -0.25) is 9.69 Å². The molecule has 3 aliphatic rings. The number of aliphatic hydroxyl groups excluding tert-OH is 1. The number of thiophene rings is 1. The number of hydrogen-bond donors (Lipinski definition) is 5. The van der Waals surface area contributed by atoms with E-state index in [0.29, 0.717) is 35.5 Å². The topological polar surface area (TPSA) is 138 Å². The van der Waals surface area contributed by atoms with Crippen LogP contribution < -0.4 is 15.6 Å². The number of phenolic OH excluding ortho intramolecular Hbond substituents is 1. The highest BCUT2D eigenvalue weighted by Gasteiger charge is 2.43. The lowest BCUT2D eigenvalue weighted by Crippen LogP contribution is -2.59. The summed E-state index contributed by atoms with van der Waals surface area (Å²) in [6, 6.07) is 17.7. The third-order valence-electron chi connectivity index (χ3n) is 9.58. The lowest BCUT2D eigenvalue weighted by atomic mass is 9.82. The van der Waals surface area contributed by atoms with Crippen LogP contribution in [0.4, 0.5) is 4.79 Å². The van der Waals surface area contributed by atoms with Gasteiger partial charge in [0.05, 0.1) is 30.3 Å². The van der Waals surface area contributed by atoms with Crippen molar-refractivity contribution in [3.8, 4) is 11.5 Å². The number of aromatic nitrogens is 1. The maximum Gasteiger partial charge on any atom is 0.408 e. The van der Waals surface area contributed by atoms with Crippen LogP contribution in [0.1, 0.15) is 66.7 Å². The van der Waals surface area contributed by atoms with E-state index in [9.17, 15) is 24.9 Å². The first-order valence-electron chi connectivity index (χ1n) is 16.6. The second-order valence-corrected chi connectivity index (χ2v) is 13.6. The molecule has 0 radical (unpaired) electrons. The molecule has 3 atom stereocenters. The molecule has 0 spiro atoms. The highest BCUT2D eigenvalue weighted by atomic mass is 32.1. The summed E-state index contributed by atoms with van der Waals surface area (Å²) in [6.45, 7) is 4.62. The third-order valence-corrected chi connectivity index (χ3v) is 10.5. The number of phenols is 1. The number of amides is 1. The first-order valence-corrected chi connectivity index (χ1v) is 17.5. The number of aromatic hydroxyl groups is 1. The van der Waals surface area contributed by atoms with Crippen molar-refractivity contribution in [2.75, 3.05) is 39.3 Å². The predicted molar refractivity (Wildman–Crippen MR) is 183 cm³/mol. The van der Waals surface area contributed by atoms with Crippen molar-refractivity contribution in [3.63, 3.8) is 0 Å². The number of piperidine rings is 3. The molecular formula is C36H44N4O6S. The lowest BCUT2D eigenvalue weighted by Gasteiger charge is -2.50. The Hall–Kier alpha value is -3.90. The van der Waals surface area contributed by atoms with Gasteiger partial charge in [-0.2, -0.15) is 0 Å². The van der Waals surface area contributed by atoms with Crippen LogP contribution in [-0.2, 0) is 0 Å². The van der Waals surface area contributed by atoms with Gasteiger partial charge in [0, 0.05) is 29.4 Å². The number of aromatic amines is 1. The fraction of sp³-hybridized carbons (Fsp3) is 0.444. The van der Waals surface area contributed by atoms with Gasteiger partial charge in [-0.15, -0.1) is 11.3 Å². The van der Waals surface area contributed by atoms with Gasteiger partial charge in [0.1, 0.15) is 11.5 Å². The van der Waals surface area contributed by atoms with Crippen LogP contribution in [-0.4, -0.2) is 81.6 Å². The minimum Gasteiger partial charge on any atom is -0.506 e. The second-order valence-electron chi connectivity index (χ2n) is 12.7. The number of carboxylic acid groups (broad SMARTS) is 1. The van der Waals surface area contributed by atoms with E-state index in [1.165, 1.54) is 12.1 Å². The minimum atomic E-state index is -0.871. The predicted octanol–water partition coefficient (Wildman–Crippen LogP) is 5.72. The van der Waals surface area contributed by atoms with E-state index in [-0.39, 0.29) is 23.4 Å². The standard InChI is InChI=1S/C36H44N4O6S/c41-30-12-10-27(28-11-13-33(43)38-34(28)30)31(42)22-37-16-3-1-2-4-19-46-26-8-5-7-25(21-26)35(32-9-6-20-47-32)40(36(44)45)29-23-39-17-14-24(29)15-18-39/h5-13,20-21,24,29,31,35,37,41-42H,1-4,14-19,22-23H2,(H,38,43)(H,44,45). The van der Waals surface area contributed by atoms with E-state index in [2.05, 4.69) is 15.2 Å². The van der Waals surface area contributed by atoms with Gasteiger partial charge in [0.15, 0.2) is 0 Å². The van der Waals surface area contributed by atoms with Gasteiger partial charge in [-0.05, 0) is 98.1 Å². The monoisotopic (exact) mass is 660 g/mol. The number of pyridine rings is 1. The first-order chi connectivity index (χ1) is 22.9. The molecule has 3 aliphatic heterocycles. The summed E-state index contributed by atoms with van der Waals surface area (Å²) in [5, 5.41) is 37.3. The first kappa shape index (κ1) is 33.0. The number of unbranched alkanes of at least 4 members (excludes halogenated alkanes) is 3. The molecule has 3 saturated heterocycles. The summed E-state index contributed by atoms with van der Waals surface area (Å²) in [4.78, 5) is 32.2.